The molecule has 0 bridgehead atoms. The molecule has 0 saturated carbocycles. The first-order chi connectivity index (χ1) is 9.90. The number of carbonyl (C=O) groups is 1. The van der Waals surface area contributed by atoms with Crippen LogP contribution in [0.1, 0.15) is 15.9 Å². The highest BCUT2D eigenvalue weighted by Gasteiger charge is 2.19. The molecule has 0 amide bonds. The Morgan fingerprint density at radius 2 is 2.19 bits per heavy atom. The number of hydrogen-bond donors (Lipinski definition) is 1. The number of aryl methyl sites for hydroxylation is 1. The van der Waals surface area contributed by atoms with Crippen LogP contribution in [0.3, 0.4) is 0 Å². The summed E-state index contributed by atoms with van der Waals surface area (Å²) < 4.78 is 18.8. The number of halogens is 1. The summed E-state index contributed by atoms with van der Waals surface area (Å²) in [4.78, 5) is 24.8. The number of nitro groups is 1. The number of hydrogen-bond acceptors (Lipinski definition) is 5. The fraction of sp³-hybridized carbons (Fsp3) is 0.0769. The van der Waals surface area contributed by atoms with Gasteiger partial charge in [-0.15, -0.1) is 0 Å². The highest BCUT2D eigenvalue weighted by molar-refractivity contribution is 5.91. The van der Waals surface area contributed by atoms with Gasteiger partial charge in [0, 0.05) is 11.6 Å². The maximum Gasteiger partial charge on any atom is 0.342 e. The van der Waals surface area contributed by atoms with Crippen LogP contribution in [0.15, 0.2) is 30.5 Å². The zero-order valence-electron chi connectivity index (χ0n) is 10.7. The summed E-state index contributed by atoms with van der Waals surface area (Å²) >= 11 is 0. The van der Waals surface area contributed by atoms with Crippen LogP contribution in [-0.2, 0) is 0 Å². The largest absolute Gasteiger partial charge is 0.477 e. The van der Waals surface area contributed by atoms with E-state index in [1.54, 1.807) is 0 Å². The van der Waals surface area contributed by atoms with Gasteiger partial charge in [0.25, 0.3) is 5.69 Å². The molecule has 7 nitrogen and oxygen atoms in total. The van der Waals surface area contributed by atoms with E-state index in [1.807, 2.05) is 0 Å². The van der Waals surface area contributed by atoms with Crippen LogP contribution < -0.4 is 4.74 Å². The van der Waals surface area contributed by atoms with Crippen molar-refractivity contribution in [3.8, 4) is 11.6 Å². The van der Waals surface area contributed by atoms with Crippen molar-refractivity contribution >= 4 is 11.7 Å². The highest BCUT2D eigenvalue weighted by atomic mass is 19.1. The molecule has 0 atom stereocenters. The fourth-order valence-electron chi connectivity index (χ4n) is 1.66. The van der Waals surface area contributed by atoms with Gasteiger partial charge < -0.3 is 9.84 Å². The molecule has 0 radical (unpaired) electrons. The Kier molecular flexibility index (Phi) is 3.79. The normalized spacial score (nSPS) is 10.2. The molecule has 0 aliphatic rings. The van der Waals surface area contributed by atoms with E-state index in [1.165, 1.54) is 25.1 Å². The quantitative estimate of drug-likeness (QED) is 0.686. The number of carboxylic acid groups (broad SMARTS) is 1. The van der Waals surface area contributed by atoms with E-state index in [4.69, 9.17) is 9.84 Å². The zero-order chi connectivity index (χ0) is 15.6. The number of aromatic nitrogens is 1. The summed E-state index contributed by atoms with van der Waals surface area (Å²) in [5, 5.41) is 19.6. The maximum absolute atomic E-state index is 13.5. The lowest BCUT2D eigenvalue weighted by Gasteiger charge is -2.10. The van der Waals surface area contributed by atoms with Crippen molar-refractivity contribution in [2.75, 3.05) is 0 Å². The molecule has 0 saturated heterocycles. The van der Waals surface area contributed by atoms with Crippen LogP contribution in [0.2, 0.25) is 0 Å². The molecule has 8 heteroatoms. The average molecular weight is 292 g/mol. The van der Waals surface area contributed by atoms with Gasteiger partial charge in [-0.2, -0.15) is 0 Å². The van der Waals surface area contributed by atoms with Crippen molar-refractivity contribution in [2.24, 2.45) is 0 Å². The third-order valence-electron chi connectivity index (χ3n) is 2.62. The minimum absolute atomic E-state index is 0.0336. The Labute approximate surface area is 117 Å². The third-order valence-corrected chi connectivity index (χ3v) is 2.62. The van der Waals surface area contributed by atoms with Crippen molar-refractivity contribution in [2.45, 2.75) is 6.92 Å². The SMILES string of the molecule is Cc1cc([N+](=O)[O-])cnc1Oc1cccc(F)c1C(=O)O. The van der Waals surface area contributed by atoms with E-state index in [9.17, 15) is 19.3 Å². The van der Waals surface area contributed by atoms with Crippen molar-refractivity contribution in [1.29, 1.82) is 0 Å². The van der Waals surface area contributed by atoms with E-state index in [0.29, 0.717) is 5.56 Å². The number of ether oxygens (including phenoxy) is 1. The molecule has 0 fully saturated rings. The molecule has 2 rings (SSSR count). The monoisotopic (exact) mass is 292 g/mol. The molecule has 0 aliphatic carbocycles. The lowest BCUT2D eigenvalue weighted by Crippen LogP contribution is -2.04. The number of pyridine rings is 1. The molecule has 1 aromatic heterocycles. The maximum atomic E-state index is 13.5. The lowest BCUT2D eigenvalue weighted by molar-refractivity contribution is -0.385. The van der Waals surface area contributed by atoms with Crippen LogP contribution in [0.4, 0.5) is 10.1 Å². The van der Waals surface area contributed by atoms with Crippen molar-refractivity contribution < 1.29 is 24.0 Å². The predicted molar refractivity (Wildman–Crippen MR) is 69.1 cm³/mol. The lowest BCUT2D eigenvalue weighted by atomic mass is 10.2. The van der Waals surface area contributed by atoms with Gasteiger partial charge in [0.05, 0.1) is 4.92 Å². The molecule has 0 spiro atoms. The number of benzene rings is 1. The first-order valence-corrected chi connectivity index (χ1v) is 5.71. The second-order valence-corrected chi connectivity index (χ2v) is 4.09. The van der Waals surface area contributed by atoms with Crippen LogP contribution in [0.25, 0.3) is 0 Å². The Morgan fingerprint density at radius 3 is 2.76 bits per heavy atom. The van der Waals surface area contributed by atoms with Crippen molar-refractivity contribution in [3.63, 3.8) is 0 Å². The zero-order valence-corrected chi connectivity index (χ0v) is 10.7. The summed E-state index contributed by atoms with van der Waals surface area (Å²) in [6.07, 6.45) is 0.974. The fourth-order valence-corrected chi connectivity index (χ4v) is 1.66. The van der Waals surface area contributed by atoms with Gasteiger partial charge in [-0.25, -0.2) is 14.2 Å². The van der Waals surface area contributed by atoms with Gasteiger partial charge in [-0.1, -0.05) is 6.07 Å². The summed E-state index contributed by atoms with van der Waals surface area (Å²) in [5.41, 5.74) is -0.528. The number of aromatic carboxylic acids is 1. The van der Waals surface area contributed by atoms with Gasteiger partial charge >= 0.3 is 5.97 Å². The molecule has 2 aromatic rings. The molecule has 1 N–H and O–H groups in total. The van der Waals surface area contributed by atoms with Crippen LogP contribution in [-0.4, -0.2) is 21.0 Å². The second-order valence-electron chi connectivity index (χ2n) is 4.09. The van der Waals surface area contributed by atoms with Crippen molar-refractivity contribution in [3.05, 3.63) is 57.5 Å². The van der Waals surface area contributed by atoms with E-state index in [2.05, 4.69) is 4.98 Å². The molecule has 1 aromatic carbocycles. The first kappa shape index (κ1) is 14.4. The number of nitrogens with zero attached hydrogens (tertiary/aromatic N) is 2. The standard InChI is InChI=1S/C13H9FN2O5/c1-7-5-8(16(19)20)6-15-12(7)21-10-4-2-3-9(14)11(10)13(17)18/h2-6H,1H3,(H,17,18). The topological polar surface area (TPSA) is 103 Å². The van der Waals surface area contributed by atoms with Crippen molar-refractivity contribution in [1.82, 2.24) is 4.98 Å². The highest BCUT2D eigenvalue weighted by Crippen LogP contribution is 2.29. The van der Waals surface area contributed by atoms with Crippen LogP contribution >= 0.6 is 0 Å². The number of rotatable bonds is 4. The molecular weight excluding hydrogens is 283 g/mol. The summed E-state index contributed by atoms with van der Waals surface area (Å²) in [6, 6.07) is 4.78. The van der Waals surface area contributed by atoms with Crippen LogP contribution in [0, 0.1) is 22.9 Å². The van der Waals surface area contributed by atoms with E-state index in [0.717, 1.165) is 12.3 Å². The number of carboxylic acids is 1. The summed E-state index contributed by atoms with van der Waals surface area (Å²) in [7, 11) is 0. The molecule has 0 aliphatic heterocycles. The van der Waals surface area contributed by atoms with Gasteiger partial charge in [-0.05, 0) is 19.1 Å². The Hall–Kier alpha value is -3.03. The first-order valence-electron chi connectivity index (χ1n) is 5.71. The molecule has 1 heterocycles. The Morgan fingerprint density at radius 1 is 1.48 bits per heavy atom. The Balaban J connectivity index is 2.42. The summed E-state index contributed by atoms with van der Waals surface area (Å²) in [5.74, 6) is -2.69. The van der Waals surface area contributed by atoms with Gasteiger partial charge in [0.15, 0.2) is 0 Å². The van der Waals surface area contributed by atoms with E-state index in [-0.39, 0.29) is 17.3 Å². The molecular formula is C13H9FN2O5. The van der Waals surface area contributed by atoms with E-state index >= 15 is 0 Å². The third kappa shape index (κ3) is 2.94. The smallest absolute Gasteiger partial charge is 0.342 e. The predicted octanol–water partition coefficient (Wildman–Crippen LogP) is 2.93. The van der Waals surface area contributed by atoms with Gasteiger partial charge in [0.1, 0.15) is 23.3 Å². The Bertz CT molecular complexity index is 732. The van der Waals surface area contributed by atoms with Gasteiger partial charge in [0.2, 0.25) is 5.88 Å². The molecule has 21 heavy (non-hydrogen) atoms. The second kappa shape index (κ2) is 5.53. The minimum Gasteiger partial charge on any atom is -0.477 e. The average Bonchev–Trinajstić information content (AvgIpc) is 2.40. The van der Waals surface area contributed by atoms with Gasteiger partial charge in [-0.3, -0.25) is 10.1 Å². The molecule has 0 unspecified atom stereocenters. The minimum atomic E-state index is -1.48. The molecule has 108 valence electrons. The van der Waals surface area contributed by atoms with Crippen LogP contribution in [0.5, 0.6) is 11.6 Å². The summed E-state index contributed by atoms with van der Waals surface area (Å²) in [6.45, 7) is 1.51. The van der Waals surface area contributed by atoms with E-state index < -0.39 is 22.3 Å².